The minimum absolute atomic E-state index is 0.205. The SMILES string of the molecule is CC(C(=O)Nc1ccc(C(F)(F)F)cc1)N1CCCC1c1cccs1. The summed E-state index contributed by atoms with van der Waals surface area (Å²) in [6.45, 7) is 2.68. The minimum Gasteiger partial charge on any atom is -0.325 e. The van der Waals surface area contributed by atoms with Crippen LogP contribution >= 0.6 is 11.3 Å². The highest BCUT2D eigenvalue weighted by molar-refractivity contribution is 7.10. The van der Waals surface area contributed by atoms with Gasteiger partial charge in [-0.1, -0.05) is 6.07 Å². The molecule has 0 aliphatic carbocycles. The highest BCUT2D eigenvalue weighted by Gasteiger charge is 2.34. The molecule has 2 aromatic rings. The summed E-state index contributed by atoms with van der Waals surface area (Å²) < 4.78 is 37.8. The largest absolute Gasteiger partial charge is 0.416 e. The Kier molecular flexibility index (Phi) is 5.15. The van der Waals surface area contributed by atoms with Crippen LogP contribution in [0.3, 0.4) is 0 Å². The van der Waals surface area contributed by atoms with Gasteiger partial charge in [-0.15, -0.1) is 11.3 Å². The summed E-state index contributed by atoms with van der Waals surface area (Å²) in [5, 5.41) is 4.75. The second kappa shape index (κ2) is 7.17. The predicted molar refractivity (Wildman–Crippen MR) is 92.5 cm³/mol. The van der Waals surface area contributed by atoms with Gasteiger partial charge in [0.25, 0.3) is 0 Å². The van der Waals surface area contributed by atoms with Crippen molar-refractivity contribution in [1.82, 2.24) is 4.90 Å². The number of nitrogens with one attached hydrogen (secondary N) is 1. The number of halogens is 3. The zero-order valence-electron chi connectivity index (χ0n) is 13.7. The molecule has 3 rings (SSSR count). The van der Waals surface area contributed by atoms with Gasteiger partial charge in [0.15, 0.2) is 0 Å². The lowest BCUT2D eigenvalue weighted by atomic mass is 10.1. The first-order valence-corrected chi connectivity index (χ1v) is 9.01. The second-order valence-electron chi connectivity index (χ2n) is 6.15. The van der Waals surface area contributed by atoms with E-state index in [9.17, 15) is 18.0 Å². The van der Waals surface area contributed by atoms with E-state index in [1.165, 1.54) is 17.0 Å². The number of nitrogens with zero attached hydrogens (tertiary/aromatic N) is 1. The van der Waals surface area contributed by atoms with Crippen molar-refractivity contribution in [1.29, 1.82) is 0 Å². The molecule has 3 nitrogen and oxygen atoms in total. The number of thiophene rings is 1. The highest BCUT2D eigenvalue weighted by atomic mass is 32.1. The number of alkyl halides is 3. The molecule has 7 heteroatoms. The minimum atomic E-state index is -4.38. The number of amides is 1. The number of hydrogen-bond donors (Lipinski definition) is 1. The van der Waals surface area contributed by atoms with Crippen molar-refractivity contribution < 1.29 is 18.0 Å². The Hall–Kier alpha value is -1.86. The van der Waals surface area contributed by atoms with E-state index in [4.69, 9.17) is 0 Å². The van der Waals surface area contributed by atoms with Gasteiger partial charge in [0.05, 0.1) is 11.6 Å². The van der Waals surface area contributed by atoms with Gasteiger partial charge in [0.2, 0.25) is 5.91 Å². The first-order chi connectivity index (χ1) is 11.9. The van der Waals surface area contributed by atoms with Crippen LogP contribution in [-0.4, -0.2) is 23.4 Å². The average molecular weight is 368 g/mol. The Labute approximate surface area is 148 Å². The van der Waals surface area contributed by atoms with E-state index in [0.29, 0.717) is 5.69 Å². The van der Waals surface area contributed by atoms with E-state index in [0.717, 1.165) is 31.5 Å². The molecular formula is C18H19F3N2OS. The molecule has 0 saturated carbocycles. The van der Waals surface area contributed by atoms with Crippen molar-refractivity contribution in [3.8, 4) is 0 Å². The molecule has 1 N–H and O–H groups in total. The molecule has 25 heavy (non-hydrogen) atoms. The maximum absolute atomic E-state index is 12.6. The average Bonchev–Trinajstić information content (AvgIpc) is 3.24. The maximum Gasteiger partial charge on any atom is 0.416 e. The fraction of sp³-hybridized carbons (Fsp3) is 0.389. The smallest absolute Gasteiger partial charge is 0.325 e. The Morgan fingerprint density at radius 3 is 2.60 bits per heavy atom. The molecule has 1 saturated heterocycles. The van der Waals surface area contributed by atoms with Crippen LogP contribution < -0.4 is 5.32 Å². The Morgan fingerprint density at radius 1 is 1.28 bits per heavy atom. The lowest BCUT2D eigenvalue weighted by Crippen LogP contribution is -2.41. The normalized spacial score (nSPS) is 19.8. The maximum atomic E-state index is 12.6. The summed E-state index contributed by atoms with van der Waals surface area (Å²) in [4.78, 5) is 15.9. The molecule has 2 atom stereocenters. The number of carbonyl (C=O) groups excluding carboxylic acids is 1. The summed E-state index contributed by atoms with van der Waals surface area (Å²) in [6.07, 6.45) is -2.34. The third-order valence-corrected chi connectivity index (χ3v) is 5.50. The van der Waals surface area contributed by atoms with Crippen LogP contribution in [-0.2, 0) is 11.0 Å². The summed E-state index contributed by atoms with van der Waals surface area (Å²) >= 11 is 1.68. The van der Waals surface area contributed by atoms with Crippen molar-refractivity contribution in [2.75, 3.05) is 11.9 Å². The first kappa shape index (κ1) is 17.9. The van der Waals surface area contributed by atoms with E-state index in [1.807, 2.05) is 18.4 Å². The predicted octanol–water partition coefficient (Wildman–Crippen LogP) is 4.93. The van der Waals surface area contributed by atoms with Crippen molar-refractivity contribution in [3.63, 3.8) is 0 Å². The van der Waals surface area contributed by atoms with Crippen LogP contribution in [0.4, 0.5) is 18.9 Å². The van der Waals surface area contributed by atoms with E-state index < -0.39 is 11.7 Å². The molecule has 134 valence electrons. The van der Waals surface area contributed by atoms with Crippen LogP contribution in [0.2, 0.25) is 0 Å². The number of benzene rings is 1. The zero-order valence-corrected chi connectivity index (χ0v) is 14.5. The van der Waals surface area contributed by atoms with Crippen molar-refractivity contribution in [3.05, 3.63) is 52.2 Å². The van der Waals surface area contributed by atoms with Crippen molar-refractivity contribution in [2.45, 2.75) is 38.0 Å². The first-order valence-electron chi connectivity index (χ1n) is 8.13. The molecule has 1 amide bonds. The summed E-state index contributed by atoms with van der Waals surface area (Å²) in [6, 6.07) is 8.49. The summed E-state index contributed by atoms with van der Waals surface area (Å²) in [5.74, 6) is -0.205. The molecule has 0 radical (unpaired) electrons. The third kappa shape index (κ3) is 4.04. The summed E-state index contributed by atoms with van der Waals surface area (Å²) in [7, 11) is 0. The van der Waals surface area contributed by atoms with Crippen LogP contribution in [0, 0.1) is 0 Å². The van der Waals surface area contributed by atoms with Gasteiger partial charge >= 0.3 is 6.18 Å². The van der Waals surface area contributed by atoms with E-state index in [-0.39, 0.29) is 18.0 Å². The number of hydrogen-bond acceptors (Lipinski definition) is 3. The van der Waals surface area contributed by atoms with Crippen LogP contribution in [0.25, 0.3) is 0 Å². The van der Waals surface area contributed by atoms with Crippen LogP contribution in [0.1, 0.15) is 36.2 Å². The molecule has 1 aliphatic heterocycles. The van der Waals surface area contributed by atoms with Gasteiger partial charge in [0.1, 0.15) is 0 Å². The van der Waals surface area contributed by atoms with E-state index in [2.05, 4.69) is 16.3 Å². The molecule has 2 unspecified atom stereocenters. The fourth-order valence-corrected chi connectivity index (χ4v) is 4.06. The Morgan fingerprint density at radius 2 is 2.00 bits per heavy atom. The monoisotopic (exact) mass is 368 g/mol. The van der Waals surface area contributed by atoms with Gasteiger partial charge < -0.3 is 5.32 Å². The van der Waals surface area contributed by atoms with E-state index >= 15 is 0 Å². The van der Waals surface area contributed by atoms with Crippen molar-refractivity contribution >= 4 is 22.9 Å². The van der Waals surface area contributed by atoms with Gasteiger partial charge in [-0.25, -0.2) is 0 Å². The van der Waals surface area contributed by atoms with Gasteiger partial charge in [-0.3, -0.25) is 9.69 Å². The number of rotatable bonds is 4. The third-order valence-electron chi connectivity index (χ3n) is 4.52. The van der Waals surface area contributed by atoms with Gasteiger partial charge in [-0.2, -0.15) is 13.2 Å². The molecule has 0 spiro atoms. The topological polar surface area (TPSA) is 32.3 Å². The highest BCUT2D eigenvalue weighted by Crippen LogP contribution is 2.36. The lowest BCUT2D eigenvalue weighted by Gasteiger charge is -2.29. The molecule has 1 fully saturated rings. The van der Waals surface area contributed by atoms with Gasteiger partial charge in [-0.05, 0) is 62.0 Å². The number of anilines is 1. The Bertz CT molecular complexity index is 713. The second-order valence-corrected chi connectivity index (χ2v) is 7.13. The van der Waals surface area contributed by atoms with Crippen LogP contribution in [0.15, 0.2) is 41.8 Å². The van der Waals surface area contributed by atoms with Gasteiger partial charge in [0, 0.05) is 16.6 Å². The lowest BCUT2D eigenvalue weighted by molar-refractivity contribution is -0.137. The molecule has 2 heterocycles. The number of carbonyl (C=O) groups is 1. The fourth-order valence-electron chi connectivity index (χ4n) is 3.18. The van der Waals surface area contributed by atoms with E-state index in [1.54, 1.807) is 11.3 Å². The number of likely N-dealkylation sites (tertiary alicyclic amines) is 1. The van der Waals surface area contributed by atoms with Crippen molar-refractivity contribution in [2.24, 2.45) is 0 Å². The zero-order chi connectivity index (χ0) is 18.0. The standard InChI is InChI=1S/C18H19F3N2OS/c1-12(23-10-2-4-15(23)16-5-3-11-25-16)17(24)22-14-8-6-13(7-9-14)18(19,20)21/h3,5-9,11-12,15H,2,4,10H2,1H3,(H,22,24). The summed E-state index contributed by atoms with van der Waals surface area (Å²) in [5.41, 5.74) is -0.354. The molecule has 1 aliphatic rings. The Balaban J connectivity index is 1.66. The molecule has 1 aromatic carbocycles. The molecule has 0 bridgehead atoms. The van der Waals surface area contributed by atoms with Crippen LogP contribution in [0.5, 0.6) is 0 Å². The quantitative estimate of drug-likeness (QED) is 0.830. The molecule has 1 aromatic heterocycles. The molecular weight excluding hydrogens is 349 g/mol.